The predicted molar refractivity (Wildman–Crippen MR) is 151 cm³/mol. The van der Waals surface area contributed by atoms with Crippen LogP contribution in [0.15, 0.2) is 41.0 Å². The number of rotatable bonds is 14. The summed E-state index contributed by atoms with van der Waals surface area (Å²) in [5.41, 5.74) is 16.6. The number of oxime groups is 1. The van der Waals surface area contributed by atoms with Gasteiger partial charge in [0.05, 0.1) is 18.4 Å². The molecule has 1 aliphatic heterocycles. The molecule has 3 aromatic rings. The van der Waals surface area contributed by atoms with Crippen molar-refractivity contribution in [1.29, 1.82) is 5.41 Å². The van der Waals surface area contributed by atoms with Gasteiger partial charge in [-0.3, -0.25) is 19.6 Å². The van der Waals surface area contributed by atoms with Crippen molar-refractivity contribution in [1.82, 2.24) is 29.6 Å². The van der Waals surface area contributed by atoms with Crippen LogP contribution in [0.25, 0.3) is 0 Å². The van der Waals surface area contributed by atoms with Crippen LogP contribution in [0.4, 0.5) is 5.13 Å². The van der Waals surface area contributed by atoms with Gasteiger partial charge >= 0.3 is 16.3 Å². The maximum atomic E-state index is 13.3. The molecule has 0 saturated carbocycles. The molecule has 4 rings (SSSR count). The third-order valence-electron chi connectivity index (χ3n) is 5.94. The Labute approximate surface area is 251 Å². The first-order chi connectivity index (χ1) is 20.8. The molecular formula is C22H25N11O9S2. The minimum Gasteiger partial charge on any atom is -0.489 e. The zero-order valence-electron chi connectivity index (χ0n) is 22.3. The quantitative estimate of drug-likeness (QED) is 0.0312. The molecule has 1 saturated heterocycles. The summed E-state index contributed by atoms with van der Waals surface area (Å²) < 4.78 is 38.9. The topological polar surface area (TPSA) is 317 Å². The van der Waals surface area contributed by atoms with Gasteiger partial charge in [-0.15, -0.1) is 11.3 Å². The SMILES string of the molecule is N=C(N)c1ccc(OCC(O/N=C(\C(=O)NC2C(=O)N(S(=O)(=O)O)[C@H]2Cn2ncc(CN)n2)c2csc(N)n2)C(=O)O)cc1. The zero-order chi connectivity index (χ0) is 32.2. The van der Waals surface area contributed by atoms with Crippen molar-refractivity contribution < 1.29 is 42.0 Å². The van der Waals surface area contributed by atoms with Gasteiger partial charge in [-0.2, -0.15) is 23.4 Å². The molecule has 234 valence electrons. The molecule has 1 aromatic carbocycles. The molecule has 10 N–H and O–H groups in total. The third kappa shape index (κ3) is 7.23. The molecule has 0 bridgehead atoms. The number of nitrogens with one attached hydrogen (secondary N) is 2. The maximum Gasteiger partial charge on any atom is 0.362 e. The van der Waals surface area contributed by atoms with Gasteiger partial charge in [-0.05, 0) is 24.3 Å². The Balaban J connectivity index is 1.53. The summed E-state index contributed by atoms with van der Waals surface area (Å²) >= 11 is 0.919. The van der Waals surface area contributed by atoms with Crippen molar-refractivity contribution in [2.75, 3.05) is 12.3 Å². The highest BCUT2D eigenvalue weighted by atomic mass is 32.2. The van der Waals surface area contributed by atoms with Gasteiger partial charge in [-0.25, -0.2) is 14.1 Å². The molecule has 0 radical (unpaired) electrons. The van der Waals surface area contributed by atoms with Gasteiger partial charge < -0.3 is 37.2 Å². The van der Waals surface area contributed by atoms with E-state index < -0.39 is 58.6 Å². The molecule has 1 aliphatic rings. The molecule has 22 heteroatoms. The molecule has 2 aromatic heterocycles. The predicted octanol–water partition coefficient (Wildman–Crippen LogP) is -2.49. The van der Waals surface area contributed by atoms with E-state index in [4.69, 9.17) is 32.2 Å². The van der Waals surface area contributed by atoms with Crippen LogP contribution < -0.4 is 27.3 Å². The number of amides is 2. The van der Waals surface area contributed by atoms with E-state index in [2.05, 4.69) is 25.7 Å². The van der Waals surface area contributed by atoms with Crippen LogP contribution in [0, 0.1) is 5.41 Å². The number of carboxylic acid groups (broad SMARTS) is 1. The van der Waals surface area contributed by atoms with Crippen LogP contribution in [0.5, 0.6) is 5.75 Å². The number of aromatic nitrogens is 4. The van der Waals surface area contributed by atoms with Crippen molar-refractivity contribution in [2.45, 2.75) is 31.3 Å². The van der Waals surface area contributed by atoms with Crippen molar-refractivity contribution in [3.63, 3.8) is 0 Å². The van der Waals surface area contributed by atoms with E-state index in [0.717, 1.165) is 16.1 Å². The number of hydrogen-bond donors (Lipinski definition) is 7. The van der Waals surface area contributed by atoms with Crippen molar-refractivity contribution >= 4 is 56.1 Å². The Hall–Kier alpha value is -5.19. The fourth-order valence-electron chi connectivity index (χ4n) is 3.80. The number of hydrogen-bond acceptors (Lipinski definition) is 15. The molecular weight excluding hydrogens is 626 g/mol. The number of β-lactam (4-membered cyclic amide) rings is 1. The summed E-state index contributed by atoms with van der Waals surface area (Å²) in [6.45, 7) is -0.910. The maximum absolute atomic E-state index is 13.3. The normalized spacial score (nSPS) is 17.5. The molecule has 3 atom stereocenters. The zero-order valence-corrected chi connectivity index (χ0v) is 23.9. The monoisotopic (exact) mass is 651 g/mol. The van der Waals surface area contributed by atoms with Gasteiger partial charge in [-0.1, -0.05) is 5.16 Å². The first-order valence-electron chi connectivity index (χ1n) is 12.2. The van der Waals surface area contributed by atoms with E-state index in [-0.39, 0.29) is 39.8 Å². The lowest BCUT2D eigenvalue weighted by molar-refractivity contribution is -0.152. The van der Waals surface area contributed by atoms with Crippen LogP contribution >= 0.6 is 11.3 Å². The van der Waals surface area contributed by atoms with Crippen molar-refractivity contribution in [3.8, 4) is 5.75 Å². The Morgan fingerprint density at radius 1 is 1.27 bits per heavy atom. The number of carboxylic acids is 1. The number of nitrogens with zero attached hydrogens (tertiary/aromatic N) is 6. The Morgan fingerprint density at radius 3 is 2.52 bits per heavy atom. The number of carbonyl (C=O) groups is 3. The average Bonchev–Trinajstić information content (AvgIpc) is 3.61. The van der Waals surface area contributed by atoms with Crippen LogP contribution in [0.2, 0.25) is 0 Å². The van der Waals surface area contributed by atoms with E-state index in [9.17, 15) is 32.5 Å². The van der Waals surface area contributed by atoms with E-state index in [1.165, 1.54) is 35.8 Å². The first-order valence-corrected chi connectivity index (χ1v) is 14.5. The molecule has 3 heterocycles. The number of nitrogen functional groups attached to an aromatic ring is 2. The number of anilines is 1. The Bertz CT molecular complexity index is 1710. The van der Waals surface area contributed by atoms with Gasteiger partial charge in [0.15, 0.2) is 10.8 Å². The van der Waals surface area contributed by atoms with Crippen LogP contribution in [0.3, 0.4) is 0 Å². The number of amidine groups is 1. The molecule has 2 unspecified atom stereocenters. The van der Waals surface area contributed by atoms with E-state index in [1.54, 1.807) is 0 Å². The highest BCUT2D eigenvalue weighted by Crippen LogP contribution is 2.25. The van der Waals surface area contributed by atoms with Crippen molar-refractivity contribution in [3.05, 3.63) is 52.8 Å². The summed E-state index contributed by atoms with van der Waals surface area (Å²) in [6.07, 6.45) is -0.429. The summed E-state index contributed by atoms with van der Waals surface area (Å²) in [5.74, 6) is -3.75. The second-order valence-electron chi connectivity index (χ2n) is 8.92. The lowest BCUT2D eigenvalue weighted by Gasteiger charge is -2.43. The second-order valence-corrected chi connectivity index (χ2v) is 11.1. The Kier molecular flexibility index (Phi) is 9.37. The lowest BCUT2D eigenvalue weighted by atomic mass is 9.98. The van der Waals surface area contributed by atoms with E-state index in [0.29, 0.717) is 11.3 Å². The first kappa shape index (κ1) is 31.7. The van der Waals surface area contributed by atoms with Crippen LogP contribution in [-0.4, -0.2) is 96.5 Å². The number of carbonyl (C=O) groups excluding carboxylic acids is 2. The minimum absolute atomic E-state index is 0.0169. The molecule has 0 aliphatic carbocycles. The second kappa shape index (κ2) is 13.0. The summed E-state index contributed by atoms with van der Waals surface area (Å²) in [6, 6.07) is 2.99. The summed E-state index contributed by atoms with van der Waals surface area (Å²) in [7, 11) is -5.03. The fourth-order valence-corrected chi connectivity index (χ4v) is 5.22. The molecule has 44 heavy (non-hydrogen) atoms. The van der Waals surface area contributed by atoms with Crippen LogP contribution in [0.1, 0.15) is 17.0 Å². The highest BCUT2D eigenvalue weighted by molar-refractivity contribution is 7.84. The minimum atomic E-state index is -5.03. The number of aliphatic carboxylic acids is 1. The molecule has 1 fully saturated rings. The standard InChI is InChI=1S/C22H25N11O9S2/c23-5-11-6-27-32(30-11)7-14-17(20(35)33(14)44(38,39)40)29-19(34)16(13-9-43-22(26)28-13)31-42-15(21(36)37)8-41-12-3-1-10(2-4-12)18(24)25/h1-4,6,9,14-15,17H,5,7-8,23H2,(H3,24,25)(H2,26,28)(H,29,34)(H,36,37)(H,38,39,40)/b31-16-/t14-,15?,17?/m0/s1. The smallest absolute Gasteiger partial charge is 0.362 e. The summed E-state index contributed by atoms with van der Waals surface area (Å²) in [4.78, 5) is 47.9. The van der Waals surface area contributed by atoms with Crippen LogP contribution in [-0.2, 0) is 42.6 Å². The van der Waals surface area contributed by atoms with E-state index >= 15 is 0 Å². The van der Waals surface area contributed by atoms with Gasteiger partial charge in [0.2, 0.25) is 0 Å². The van der Waals surface area contributed by atoms with Gasteiger partial charge in [0.1, 0.15) is 36.0 Å². The number of ether oxygens (including phenoxy) is 1. The molecule has 0 spiro atoms. The third-order valence-corrected chi connectivity index (χ3v) is 7.56. The lowest BCUT2D eigenvalue weighted by Crippen LogP contribution is -2.73. The largest absolute Gasteiger partial charge is 0.489 e. The number of benzene rings is 1. The van der Waals surface area contributed by atoms with Crippen molar-refractivity contribution in [2.24, 2.45) is 16.6 Å². The number of thiazole rings is 1. The molecule has 20 nitrogen and oxygen atoms in total. The Morgan fingerprint density at radius 2 is 1.98 bits per heavy atom. The average molecular weight is 652 g/mol. The van der Waals surface area contributed by atoms with Gasteiger partial charge in [0, 0.05) is 17.5 Å². The van der Waals surface area contributed by atoms with E-state index in [1.807, 2.05) is 0 Å². The highest BCUT2D eigenvalue weighted by Gasteiger charge is 2.54. The fraction of sp³-hybridized carbons (Fsp3) is 0.273. The number of nitrogens with two attached hydrogens (primary N) is 3. The van der Waals surface area contributed by atoms with Gasteiger partial charge in [0.25, 0.3) is 17.9 Å². The summed E-state index contributed by atoms with van der Waals surface area (Å²) in [5, 5.41) is 32.3. The molecule has 2 amide bonds.